The van der Waals surface area contributed by atoms with Crippen LogP contribution in [0.5, 0.6) is 0 Å². The summed E-state index contributed by atoms with van der Waals surface area (Å²) >= 11 is 0. The highest BCUT2D eigenvalue weighted by atomic mass is 19.1. The van der Waals surface area contributed by atoms with Crippen LogP contribution in [0.3, 0.4) is 0 Å². The van der Waals surface area contributed by atoms with Crippen LogP contribution >= 0.6 is 0 Å². The van der Waals surface area contributed by atoms with Crippen LogP contribution < -0.4 is 5.32 Å². The first-order valence-electron chi connectivity index (χ1n) is 12.5. The fourth-order valence-electron chi connectivity index (χ4n) is 5.13. The lowest BCUT2D eigenvalue weighted by Crippen LogP contribution is -2.35. The summed E-state index contributed by atoms with van der Waals surface area (Å²) in [6, 6.07) is 3.87. The Morgan fingerprint density at radius 3 is 2.58 bits per heavy atom. The van der Waals surface area contributed by atoms with E-state index in [1.807, 2.05) is 18.0 Å². The second-order valence-corrected chi connectivity index (χ2v) is 10.7. The smallest absolute Gasteiger partial charge is 0.225 e. The minimum Gasteiger partial charge on any atom is -0.373 e. The molecule has 6 nitrogen and oxygen atoms in total. The van der Waals surface area contributed by atoms with Crippen LogP contribution in [-0.2, 0) is 17.6 Å². The molecule has 180 valence electrons. The number of nitrogens with zero attached hydrogens (tertiary/aromatic N) is 3. The highest BCUT2D eigenvalue weighted by Gasteiger charge is 2.33. The molecule has 2 aromatic heterocycles. The SMILES string of the molecule is CN(C(=O)C1CCCCC1)C1CC1.CNc1cc(-c2n[nH]c3c2CCC(C)(C)C3)cc(F)n1. The van der Waals surface area contributed by atoms with Gasteiger partial charge in [0.15, 0.2) is 0 Å². The molecule has 1 amide bonds. The number of amides is 1. The Balaban J connectivity index is 0.000000172. The Morgan fingerprint density at radius 1 is 1.18 bits per heavy atom. The van der Waals surface area contributed by atoms with Gasteiger partial charge in [0.1, 0.15) is 5.82 Å². The van der Waals surface area contributed by atoms with Crippen LogP contribution in [0.4, 0.5) is 10.2 Å². The molecule has 0 bridgehead atoms. The van der Waals surface area contributed by atoms with Crippen LogP contribution in [0.1, 0.15) is 76.5 Å². The van der Waals surface area contributed by atoms with Crippen LogP contribution in [0.15, 0.2) is 12.1 Å². The van der Waals surface area contributed by atoms with Crippen molar-refractivity contribution in [2.75, 3.05) is 19.4 Å². The highest BCUT2D eigenvalue weighted by molar-refractivity contribution is 5.79. The van der Waals surface area contributed by atoms with E-state index in [1.165, 1.54) is 49.4 Å². The number of carbonyl (C=O) groups excluding carboxylic acids is 1. The number of aromatic nitrogens is 3. The van der Waals surface area contributed by atoms with Crippen molar-refractivity contribution in [3.63, 3.8) is 0 Å². The summed E-state index contributed by atoms with van der Waals surface area (Å²) < 4.78 is 13.6. The Labute approximate surface area is 196 Å². The summed E-state index contributed by atoms with van der Waals surface area (Å²) in [6.07, 6.45) is 11.7. The van der Waals surface area contributed by atoms with Gasteiger partial charge < -0.3 is 10.2 Å². The fraction of sp³-hybridized carbons (Fsp3) is 0.654. The third kappa shape index (κ3) is 5.74. The Morgan fingerprint density at radius 2 is 1.91 bits per heavy atom. The number of pyridine rings is 1. The molecule has 33 heavy (non-hydrogen) atoms. The van der Waals surface area contributed by atoms with E-state index >= 15 is 0 Å². The summed E-state index contributed by atoms with van der Waals surface area (Å²) in [5, 5.41) is 10.4. The number of halogens is 1. The molecule has 7 heteroatoms. The topological polar surface area (TPSA) is 73.9 Å². The summed E-state index contributed by atoms with van der Waals surface area (Å²) in [4.78, 5) is 17.7. The van der Waals surface area contributed by atoms with Gasteiger partial charge in [-0.3, -0.25) is 9.89 Å². The van der Waals surface area contributed by atoms with Gasteiger partial charge in [-0.2, -0.15) is 9.49 Å². The molecule has 0 aromatic carbocycles. The minimum absolute atomic E-state index is 0.302. The standard InChI is InChI=1S/C15H19FN4.C11H19NO/c1-15(2)5-4-10-11(8-15)19-20-14(10)9-6-12(16)18-13(7-9)17-3;1-12(10-7-8-10)11(13)9-5-3-2-4-6-9/h6-7H,4-5,8H2,1-3H3,(H,17,18)(H,19,20);9-10H,2-8H2,1H3. The molecule has 0 spiro atoms. The van der Waals surface area contributed by atoms with Crippen molar-refractivity contribution >= 4 is 11.7 Å². The van der Waals surface area contributed by atoms with E-state index in [2.05, 4.69) is 34.3 Å². The van der Waals surface area contributed by atoms with Crippen LogP contribution in [0, 0.1) is 17.3 Å². The molecule has 2 aromatic rings. The van der Waals surface area contributed by atoms with Crippen molar-refractivity contribution < 1.29 is 9.18 Å². The monoisotopic (exact) mass is 455 g/mol. The predicted molar refractivity (Wildman–Crippen MR) is 129 cm³/mol. The van der Waals surface area contributed by atoms with E-state index in [9.17, 15) is 9.18 Å². The summed E-state index contributed by atoms with van der Waals surface area (Å²) in [6.45, 7) is 4.53. The second kappa shape index (κ2) is 9.82. The third-order valence-electron chi connectivity index (χ3n) is 7.38. The van der Waals surface area contributed by atoms with Gasteiger partial charge in [0, 0.05) is 48.9 Å². The normalized spacial score (nSPS) is 19.8. The molecule has 0 atom stereocenters. The summed E-state index contributed by atoms with van der Waals surface area (Å²) in [7, 11) is 3.71. The molecule has 3 aliphatic rings. The maximum absolute atomic E-state index is 13.6. The molecule has 0 radical (unpaired) electrons. The van der Waals surface area contributed by atoms with Crippen LogP contribution in [0.25, 0.3) is 11.3 Å². The van der Waals surface area contributed by atoms with E-state index in [0.717, 1.165) is 43.4 Å². The average Bonchev–Trinajstić information content (AvgIpc) is 3.58. The third-order valence-corrected chi connectivity index (χ3v) is 7.38. The Hall–Kier alpha value is -2.44. The molecular weight excluding hydrogens is 417 g/mol. The molecule has 5 rings (SSSR count). The largest absolute Gasteiger partial charge is 0.373 e. The van der Waals surface area contributed by atoms with E-state index in [-0.39, 0.29) is 0 Å². The molecule has 0 aliphatic heterocycles. The maximum atomic E-state index is 13.6. The van der Waals surface area contributed by atoms with Crippen molar-refractivity contribution in [3.05, 3.63) is 29.3 Å². The highest BCUT2D eigenvalue weighted by Crippen LogP contribution is 2.38. The number of rotatable bonds is 4. The zero-order valence-corrected chi connectivity index (χ0v) is 20.5. The van der Waals surface area contributed by atoms with Gasteiger partial charge in [-0.15, -0.1) is 0 Å². The van der Waals surface area contributed by atoms with Gasteiger partial charge in [0.05, 0.1) is 5.69 Å². The first kappa shape index (κ1) is 23.7. The lowest BCUT2D eigenvalue weighted by atomic mass is 9.76. The number of nitrogens with one attached hydrogen (secondary N) is 2. The van der Waals surface area contributed by atoms with Gasteiger partial charge in [-0.1, -0.05) is 33.1 Å². The molecule has 2 saturated carbocycles. The van der Waals surface area contributed by atoms with Gasteiger partial charge in [-0.05, 0) is 56.4 Å². The summed E-state index contributed by atoms with van der Waals surface area (Å²) in [5.41, 5.74) is 4.33. The zero-order valence-electron chi connectivity index (χ0n) is 20.5. The first-order valence-corrected chi connectivity index (χ1v) is 12.5. The molecule has 2 fully saturated rings. The van der Waals surface area contributed by atoms with E-state index in [1.54, 1.807) is 7.05 Å². The number of aromatic amines is 1. The van der Waals surface area contributed by atoms with E-state index < -0.39 is 5.95 Å². The zero-order chi connectivity index (χ0) is 23.6. The van der Waals surface area contributed by atoms with E-state index in [0.29, 0.717) is 29.1 Å². The molecular formula is C26H38FN5O. The lowest BCUT2D eigenvalue weighted by molar-refractivity contribution is -0.135. The van der Waals surface area contributed by atoms with Crippen molar-refractivity contribution in [2.24, 2.45) is 11.3 Å². The number of fused-ring (bicyclic) bond motifs is 1. The van der Waals surface area contributed by atoms with Gasteiger partial charge in [0.2, 0.25) is 11.9 Å². The lowest BCUT2D eigenvalue weighted by Gasteiger charge is -2.29. The van der Waals surface area contributed by atoms with Crippen molar-refractivity contribution in [1.29, 1.82) is 0 Å². The second-order valence-electron chi connectivity index (χ2n) is 10.7. The van der Waals surface area contributed by atoms with Gasteiger partial charge in [-0.25, -0.2) is 4.98 Å². The van der Waals surface area contributed by atoms with Crippen LogP contribution in [0.2, 0.25) is 0 Å². The summed E-state index contributed by atoms with van der Waals surface area (Å²) in [5.74, 6) is 0.814. The number of hydrogen-bond acceptors (Lipinski definition) is 4. The Bertz CT molecular complexity index is 975. The van der Waals surface area contributed by atoms with E-state index in [4.69, 9.17) is 0 Å². The van der Waals surface area contributed by atoms with Crippen LogP contribution in [-0.4, -0.2) is 46.1 Å². The number of hydrogen-bond donors (Lipinski definition) is 2. The maximum Gasteiger partial charge on any atom is 0.225 e. The average molecular weight is 456 g/mol. The fourth-order valence-corrected chi connectivity index (χ4v) is 5.13. The number of anilines is 1. The van der Waals surface area contributed by atoms with Gasteiger partial charge in [0.25, 0.3) is 0 Å². The predicted octanol–water partition coefficient (Wildman–Crippen LogP) is 5.35. The quantitative estimate of drug-likeness (QED) is 0.609. The van der Waals surface area contributed by atoms with Crippen molar-refractivity contribution in [3.8, 4) is 11.3 Å². The van der Waals surface area contributed by atoms with Gasteiger partial charge >= 0.3 is 0 Å². The van der Waals surface area contributed by atoms with Crippen molar-refractivity contribution in [2.45, 2.75) is 84.1 Å². The molecule has 0 unspecified atom stereocenters. The van der Waals surface area contributed by atoms with Crippen molar-refractivity contribution in [1.82, 2.24) is 20.1 Å². The molecule has 2 heterocycles. The number of carbonyl (C=O) groups is 1. The Kier molecular flexibility index (Phi) is 7.05. The first-order chi connectivity index (χ1) is 15.8. The molecule has 0 saturated heterocycles. The number of H-pyrrole nitrogens is 1. The molecule has 3 aliphatic carbocycles. The molecule has 2 N–H and O–H groups in total. The minimum atomic E-state index is -0.486.